The molecule has 0 bridgehead atoms. The third-order valence-corrected chi connectivity index (χ3v) is 5.74. The minimum atomic E-state index is -0.203. The Bertz CT molecular complexity index is 913. The van der Waals surface area contributed by atoms with Crippen LogP contribution in [0.3, 0.4) is 0 Å². The van der Waals surface area contributed by atoms with E-state index in [2.05, 4.69) is 17.2 Å². The number of piperidine rings is 1. The van der Waals surface area contributed by atoms with E-state index < -0.39 is 0 Å². The first-order valence-corrected chi connectivity index (χ1v) is 11.0. The lowest BCUT2D eigenvalue weighted by Gasteiger charge is -2.32. The number of imidazole rings is 1. The topological polar surface area (TPSA) is 87.2 Å². The Morgan fingerprint density at radius 2 is 1.93 bits per heavy atom. The Kier molecular flexibility index (Phi) is 7.49. The second-order valence-electron chi connectivity index (χ2n) is 8.06. The summed E-state index contributed by atoms with van der Waals surface area (Å²) in [5, 5.41) is 3.03. The fraction of sp³-hybridized carbons (Fsp3) is 0.522. The number of nitrogens with zero attached hydrogens (tertiary/aromatic N) is 2. The summed E-state index contributed by atoms with van der Waals surface area (Å²) < 4.78 is 1.57. The predicted octanol–water partition coefficient (Wildman–Crippen LogP) is 3.02. The zero-order chi connectivity index (χ0) is 21.5. The van der Waals surface area contributed by atoms with E-state index in [1.807, 2.05) is 6.92 Å². The molecule has 1 atom stereocenters. The van der Waals surface area contributed by atoms with E-state index in [1.165, 1.54) is 12.8 Å². The molecule has 7 heteroatoms. The van der Waals surface area contributed by atoms with Gasteiger partial charge >= 0.3 is 5.69 Å². The quantitative estimate of drug-likeness (QED) is 0.654. The minimum Gasteiger partial charge on any atom is -0.356 e. The molecule has 2 heterocycles. The van der Waals surface area contributed by atoms with Gasteiger partial charge in [0.25, 0.3) is 5.91 Å². The summed E-state index contributed by atoms with van der Waals surface area (Å²) in [6.07, 6.45) is 7.81. The van der Waals surface area contributed by atoms with Gasteiger partial charge in [0.15, 0.2) is 0 Å². The van der Waals surface area contributed by atoms with Gasteiger partial charge in [-0.25, -0.2) is 4.79 Å². The lowest BCUT2D eigenvalue weighted by Crippen LogP contribution is -2.45. The number of aryl methyl sites for hydroxylation is 1. The van der Waals surface area contributed by atoms with Gasteiger partial charge in [-0.2, -0.15) is 0 Å². The lowest BCUT2D eigenvalue weighted by atomic mass is 9.96. The SMILES string of the molecule is CCCCCCNC(=O)C1CCCN(C(=O)c2ccc(-n3c(C)c[nH]c3=O)cc2)C1. The van der Waals surface area contributed by atoms with Crippen LogP contribution in [0.1, 0.15) is 61.5 Å². The van der Waals surface area contributed by atoms with Gasteiger partial charge in [-0.1, -0.05) is 26.2 Å². The van der Waals surface area contributed by atoms with Gasteiger partial charge in [-0.05, 0) is 50.5 Å². The second-order valence-corrected chi connectivity index (χ2v) is 8.06. The highest BCUT2D eigenvalue weighted by atomic mass is 16.2. The number of hydrogen-bond acceptors (Lipinski definition) is 3. The maximum absolute atomic E-state index is 13.0. The molecular formula is C23H32N4O3. The summed E-state index contributed by atoms with van der Waals surface area (Å²) in [7, 11) is 0. The molecule has 3 rings (SSSR count). The maximum Gasteiger partial charge on any atom is 0.330 e. The molecule has 1 aromatic heterocycles. The monoisotopic (exact) mass is 412 g/mol. The summed E-state index contributed by atoms with van der Waals surface area (Å²) in [4.78, 5) is 41.8. The third-order valence-electron chi connectivity index (χ3n) is 5.74. The van der Waals surface area contributed by atoms with Gasteiger partial charge in [-0.3, -0.25) is 14.2 Å². The van der Waals surface area contributed by atoms with Crippen molar-refractivity contribution in [2.75, 3.05) is 19.6 Å². The van der Waals surface area contributed by atoms with Gasteiger partial charge < -0.3 is 15.2 Å². The van der Waals surface area contributed by atoms with Crippen LogP contribution in [0.2, 0.25) is 0 Å². The molecule has 2 amide bonds. The van der Waals surface area contributed by atoms with Gasteiger partial charge in [0.1, 0.15) is 0 Å². The van der Waals surface area contributed by atoms with Crippen LogP contribution in [-0.2, 0) is 4.79 Å². The average molecular weight is 413 g/mol. The van der Waals surface area contributed by atoms with Crippen LogP contribution in [0.5, 0.6) is 0 Å². The van der Waals surface area contributed by atoms with Crippen LogP contribution in [0.15, 0.2) is 35.3 Å². The molecule has 1 aliphatic heterocycles. The van der Waals surface area contributed by atoms with Crippen molar-refractivity contribution >= 4 is 11.8 Å². The first-order chi connectivity index (χ1) is 14.5. The third kappa shape index (κ3) is 5.20. The van der Waals surface area contributed by atoms with Gasteiger partial charge in [0.05, 0.1) is 11.6 Å². The first kappa shape index (κ1) is 21.9. The smallest absolute Gasteiger partial charge is 0.330 e. The fourth-order valence-corrected chi connectivity index (χ4v) is 4.00. The Labute approximate surface area is 177 Å². The van der Waals surface area contributed by atoms with Crippen molar-refractivity contribution in [3.05, 3.63) is 52.2 Å². The summed E-state index contributed by atoms with van der Waals surface area (Å²) in [5.41, 5.74) is 1.89. The molecule has 0 spiro atoms. The van der Waals surface area contributed by atoms with E-state index in [9.17, 15) is 14.4 Å². The normalized spacial score (nSPS) is 16.5. The van der Waals surface area contributed by atoms with Crippen LogP contribution < -0.4 is 11.0 Å². The molecule has 1 fully saturated rings. The summed E-state index contributed by atoms with van der Waals surface area (Å²) in [6.45, 7) is 5.85. The lowest BCUT2D eigenvalue weighted by molar-refractivity contribution is -0.126. The Morgan fingerprint density at radius 1 is 1.17 bits per heavy atom. The van der Waals surface area contributed by atoms with Crippen molar-refractivity contribution in [1.82, 2.24) is 19.8 Å². The molecule has 162 valence electrons. The number of nitrogens with one attached hydrogen (secondary N) is 2. The molecule has 1 saturated heterocycles. The number of aromatic amines is 1. The average Bonchev–Trinajstić information content (AvgIpc) is 3.11. The fourth-order valence-electron chi connectivity index (χ4n) is 4.00. The van der Waals surface area contributed by atoms with E-state index in [0.717, 1.165) is 31.4 Å². The van der Waals surface area contributed by atoms with E-state index >= 15 is 0 Å². The second kappa shape index (κ2) is 10.3. The van der Waals surface area contributed by atoms with Crippen molar-refractivity contribution in [2.24, 2.45) is 5.92 Å². The van der Waals surface area contributed by atoms with Crippen molar-refractivity contribution in [1.29, 1.82) is 0 Å². The van der Waals surface area contributed by atoms with Gasteiger partial charge in [0.2, 0.25) is 5.91 Å². The van der Waals surface area contributed by atoms with Crippen molar-refractivity contribution in [2.45, 2.75) is 52.4 Å². The number of hydrogen-bond donors (Lipinski definition) is 2. The van der Waals surface area contributed by atoms with Crippen LogP contribution >= 0.6 is 0 Å². The molecule has 0 saturated carbocycles. The Hall–Kier alpha value is -2.83. The number of carbonyl (C=O) groups excluding carboxylic acids is 2. The van der Waals surface area contributed by atoms with Gasteiger partial charge in [-0.15, -0.1) is 0 Å². The number of rotatable bonds is 8. The van der Waals surface area contributed by atoms with Crippen molar-refractivity contribution in [3.8, 4) is 5.69 Å². The molecule has 0 radical (unpaired) electrons. The van der Waals surface area contributed by atoms with E-state index in [-0.39, 0.29) is 23.4 Å². The highest BCUT2D eigenvalue weighted by Crippen LogP contribution is 2.20. The zero-order valence-corrected chi connectivity index (χ0v) is 17.9. The molecule has 2 aromatic rings. The molecule has 1 aliphatic rings. The number of amides is 2. The summed E-state index contributed by atoms with van der Waals surface area (Å²) in [5.74, 6) is -0.156. The molecule has 30 heavy (non-hydrogen) atoms. The van der Waals surface area contributed by atoms with Crippen molar-refractivity contribution < 1.29 is 9.59 Å². The highest BCUT2D eigenvalue weighted by Gasteiger charge is 2.28. The number of H-pyrrole nitrogens is 1. The molecule has 0 aliphatic carbocycles. The van der Waals surface area contributed by atoms with E-state index in [4.69, 9.17) is 0 Å². The first-order valence-electron chi connectivity index (χ1n) is 11.0. The van der Waals surface area contributed by atoms with Crippen molar-refractivity contribution in [3.63, 3.8) is 0 Å². The standard InChI is InChI=1S/C23H32N4O3/c1-3-4-5-6-13-24-21(28)19-8-7-14-26(16-19)22(29)18-9-11-20(12-10-18)27-17(2)15-25-23(27)30/h9-12,15,19H,3-8,13-14,16H2,1-2H3,(H,24,28)(H,25,30). The number of carbonyl (C=O) groups is 2. The number of aromatic nitrogens is 2. The minimum absolute atomic E-state index is 0.0571. The summed E-state index contributed by atoms with van der Waals surface area (Å²) >= 11 is 0. The molecule has 1 unspecified atom stereocenters. The highest BCUT2D eigenvalue weighted by molar-refractivity contribution is 5.95. The van der Waals surface area contributed by atoms with Gasteiger partial charge in [0, 0.05) is 37.1 Å². The Morgan fingerprint density at radius 3 is 2.60 bits per heavy atom. The summed E-state index contributed by atoms with van der Waals surface area (Å²) in [6, 6.07) is 7.04. The maximum atomic E-state index is 13.0. The number of benzene rings is 1. The zero-order valence-electron chi connectivity index (χ0n) is 17.9. The van der Waals surface area contributed by atoms with Crippen LogP contribution in [0.4, 0.5) is 0 Å². The number of unbranched alkanes of at least 4 members (excludes halogenated alkanes) is 3. The Balaban J connectivity index is 1.58. The van der Waals surface area contributed by atoms with Crippen LogP contribution in [-0.4, -0.2) is 45.9 Å². The molecule has 2 N–H and O–H groups in total. The van der Waals surface area contributed by atoms with Crippen LogP contribution in [0, 0.1) is 12.8 Å². The predicted molar refractivity (Wildman–Crippen MR) is 117 cm³/mol. The van der Waals surface area contributed by atoms with E-state index in [0.29, 0.717) is 30.9 Å². The van der Waals surface area contributed by atoms with E-state index in [1.54, 1.807) is 39.9 Å². The van der Waals surface area contributed by atoms with Crippen LogP contribution in [0.25, 0.3) is 5.69 Å². The largest absolute Gasteiger partial charge is 0.356 e. The molecular weight excluding hydrogens is 380 g/mol. The number of likely N-dealkylation sites (tertiary alicyclic amines) is 1. The molecule has 1 aromatic carbocycles. The molecule has 7 nitrogen and oxygen atoms in total.